The monoisotopic (exact) mass is 379 g/mol. The third kappa shape index (κ3) is 27.6. The highest BCUT2D eigenvalue weighted by molar-refractivity contribution is 7.84. The molecule has 0 radical (unpaired) electrons. The molecular formula is C15H33N5O4S. The highest BCUT2D eigenvalue weighted by Gasteiger charge is 2.05. The van der Waals surface area contributed by atoms with E-state index in [1.165, 1.54) is 6.42 Å². The molecule has 0 aliphatic carbocycles. The minimum Gasteiger partial charge on any atom is -0.748 e. The average Bonchev–Trinajstić information content (AvgIpc) is 2.41. The van der Waals surface area contributed by atoms with Crippen LogP contribution in [0.4, 0.5) is 0 Å². The smallest absolute Gasteiger partial charge is 0.217 e. The van der Waals surface area contributed by atoms with Crippen LogP contribution in [0.15, 0.2) is 9.98 Å². The van der Waals surface area contributed by atoms with Crippen LogP contribution in [0.25, 0.3) is 0 Å². The summed E-state index contributed by atoms with van der Waals surface area (Å²) in [6.45, 7) is 3.03. The normalized spacial score (nSPS) is 13.2. The topological polar surface area (TPSA) is 151 Å². The van der Waals surface area contributed by atoms with Gasteiger partial charge in [0, 0.05) is 19.1 Å². The standard InChI is InChI=1S/C14H30N5O.CH4O3S/c1-5-12(20)11-17-14(16)18-13(15)9-7-6-8-10-19(2,3)4;1-5(2,3)4/h5-11H2,1-4H3,(H4,15,16,17,18);1H3,(H,2,3,4)/q+1;/p-1. The van der Waals surface area contributed by atoms with Crippen LogP contribution >= 0.6 is 0 Å². The Morgan fingerprint density at radius 1 is 1.12 bits per heavy atom. The highest BCUT2D eigenvalue weighted by Crippen LogP contribution is 2.03. The summed E-state index contributed by atoms with van der Waals surface area (Å²) in [5.74, 6) is 0.623. The van der Waals surface area contributed by atoms with Crippen molar-refractivity contribution in [2.24, 2.45) is 21.5 Å². The van der Waals surface area contributed by atoms with E-state index in [1.54, 1.807) is 6.92 Å². The number of rotatable bonds is 9. The van der Waals surface area contributed by atoms with Crippen LogP contribution in [0, 0.1) is 0 Å². The number of amidine groups is 1. The minimum absolute atomic E-state index is 0.0435. The van der Waals surface area contributed by atoms with Crippen LogP contribution in [0.3, 0.4) is 0 Å². The van der Waals surface area contributed by atoms with Gasteiger partial charge in [0.1, 0.15) is 12.4 Å². The first-order valence-electron chi connectivity index (χ1n) is 8.10. The van der Waals surface area contributed by atoms with Crippen LogP contribution in [0.2, 0.25) is 0 Å². The number of carbonyl (C=O) groups is 1. The molecule has 0 atom stereocenters. The molecule has 0 heterocycles. The summed E-state index contributed by atoms with van der Waals surface area (Å²) in [6, 6.07) is 0. The van der Waals surface area contributed by atoms with Gasteiger partial charge in [0.25, 0.3) is 0 Å². The van der Waals surface area contributed by atoms with Crippen molar-refractivity contribution < 1.29 is 22.2 Å². The van der Waals surface area contributed by atoms with Crippen molar-refractivity contribution >= 4 is 27.7 Å². The van der Waals surface area contributed by atoms with E-state index >= 15 is 0 Å². The highest BCUT2D eigenvalue weighted by atomic mass is 32.2. The van der Waals surface area contributed by atoms with Gasteiger partial charge in [-0.25, -0.2) is 18.4 Å². The number of ketones is 1. The molecule has 0 bridgehead atoms. The Bertz CT molecular complexity index is 543. The number of hydrogen-bond donors (Lipinski definition) is 2. The van der Waals surface area contributed by atoms with Crippen LogP contribution in [-0.4, -0.2) is 75.5 Å². The van der Waals surface area contributed by atoms with Gasteiger partial charge in [-0.05, 0) is 19.3 Å². The van der Waals surface area contributed by atoms with Crippen molar-refractivity contribution in [1.29, 1.82) is 0 Å². The second-order valence-electron chi connectivity index (χ2n) is 6.70. The second kappa shape index (κ2) is 12.8. The van der Waals surface area contributed by atoms with E-state index in [0.717, 1.165) is 30.3 Å². The first-order valence-corrected chi connectivity index (χ1v) is 9.92. The van der Waals surface area contributed by atoms with Crippen molar-refractivity contribution in [2.45, 2.75) is 39.0 Å². The molecule has 0 saturated carbocycles. The number of carbonyl (C=O) groups excluding carboxylic acids is 1. The van der Waals surface area contributed by atoms with E-state index in [-0.39, 0.29) is 18.3 Å². The molecule has 4 N–H and O–H groups in total. The Morgan fingerprint density at radius 3 is 2.08 bits per heavy atom. The lowest BCUT2D eigenvalue weighted by atomic mass is 10.2. The lowest BCUT2D eigenvalue weighted by Gasteiger charge is -2.23. The molecule has 148 valence electrons. The number of hydrogen-bond acceptors (Lipinski definition) is 5. The van der Waals surface area contributed by atoms with E-state index in [4.69, 9.17) is 24.4 Å². The Labute approximate surface area is 151 Å². The predicted molar refractivity (Wildman–Crippen MR) is 100 cm³/mol. The molecule has 25 heavy (non-hydrogen) atoms. The van der Waals surface area contributed by atoms with E-state index in [2.05, 4.69) is 31.1 Å². The van der Waals surface area contributed by atoms with Gasteiger partial charge in [-0.3, -0.25) is 4.79 Å². The van der Waals surface area contributed by atoms with Gasteiger partial charge >= 0.3 is 0 Å². The van der Waals surface area contributed by atoms with Gasteiger partial charge in [-0.15, -0.1) is 0 Å². The van der Waals surface area contributed by atoms with Crippen LogP contribution in [0.1, 0.15) is 39.0 Å². The van der Waals surface area contributed by atoms with Crippen LogP contribution in [0.5, 0.6) is 0 Å². The van der Waals surface area contributed by atoms with E-state index < -0.39 is 10.1 Å². The van der Waals surface area contributed by atoms with Crippen LogP contribution in [-0.2, 0) is 14.9 Å². The summed E-state index contributed by atoms with van der Waals surface area (Å²) in [6.07, 6.45) is 5.07. The van der Waals surface area contributed by atoms with E-state index in [1.807, 2.05) is 0 Å². The molecule has 0 aliphatic rings. The van der Waals surface area contributed by atoms with Crippen molar-refractivity contribution in [2.75, 3.05) is 40.5 Å². The molecule has 0 aromatic rings. The van der Waals surface area contributed by atoms with Gasteiger partial charge in [0.2, 0.25) is 5.96 Å². The zero-order valence-electron chi connectivity index (χ0n) is 16.0. The molecule has 0 aromatic heterocycles. The third-order valence-electron chi connectivity index (χ3n) is 2.83. The molecule has 0 amide bonds. The maximum absolute atomic E-state index is 11.1. The van der Waals surface area contributed by atoms with Gasteiger partial charge < -0.3 is 20.5 Å². The summed E-state index contributed by atoms with van der Waals surface area (Å²) in [5.41, 5.74) is 11.4. The number of nitrogens with zero attached hydrogens (tertiary/aromatic N) is 3. The lowest BCUT2D eigenvalue weighted by Crippen LogP contribution is -2.35. The average molecular weight is 380 g/mol. The van der Waals surface area contributed by atoms with Crippen molar-refractivity contribution in [3.8, 4) is 0 Å². The molecule has 0 unspecified atom stereocenters. The van der Waals surface area contributed by atoms with E-state index in [9.17, 15) is 4.79 Å². The van der Waals surface area contributed by atoms with Gasteiger partial charge in [0.15, 0.2) is 5.78 Å². The molecule has 0 rings (SSSR count). The quantitative estimate of drug-likeness (QED) is 0.190. The molecule has 0 spiro atoms. The van der Waals surface area contributed by atoms with Gasteiger partial charge in [-0.2, -0.15) is 0 Å². The molecule has 0 fully saturated rings. The molecule has 0 saturated heterocycles. The maximum Gasteiger partial charge on any atom is 0.217 e. The summed E-state index contributed by atoms with van der Waals surface area (Å²) >= 11 is 0. The Kier molecular flexibility index (Phi) is 13.2. The number of quaternary nitrogens is 1. The number of aliphatic imine (C=N–C) groups is 2. The fourth-order valence-electron chi connectivity index (χ4n) is 1.59. The molecule has 0 aromatic carbocycles. The maximum atomic E-state index is 11.1. The van der Waals surface area contributed by atoms with Gasteiger partial charge in [0.05, 0.1) is 37.8 Å². The fraction of sp³-hybridized carbons (Fsp3) is 0.800. The largest absolute Gasteiger partial charge is 0.748 e. The number of unbranched alkanes of at least 4 members (excludes halogenated alkanes) is 2. The number of Topliss-reactive ketones (excluding diaryl/α,β-unsaturated/α-hetero) is 1. The molecule has 9 nitrogen and oxygen atoms in total. The van der Waals surface area contributed by atoms with Gasteiger partial charge in [-0.1, -0.05) is 6.92 Å². The first kappa shape index (κ1) is 25.7. The third-order valence-corrected chi connectivity index (χ3v) is 2.83. The minimum atomic E-state index is -3.92. The Morgan fingerprint density at radius 2 is 1.64 bits per heavy atom. The zero-order valence-corrected chi connectivity index (χ0v) is 16.8. The zero-order chi connectivity index (χ0) is 20.1. The Hall–Kier alpha value is -1.52. The summed E-state index contributed by atoms with van der Waals surface area (Å²) in [7, 11) is 2.64. The molecular weight excluding hydrogens is 346 g/mol. The number of nitrogens with two attached hydrogens (primary N) is 2. The SMILES string of the molecule is CCC(=O)CN=C(N)N=C(N)CCCCC[N+](C)(C)C.CS(=O)(=O)[O-]. The summed E-state index contributed by atoms with van der Waals surface area (Å²) in [4.78, 5) is 19.0. The molecule has 10 heteroatoms. The van der Waals surface area contributed by atoms with Crippen molar-refractivity contribution in [3.63, 3.8) is 0 Å². The molecule has 0 aliphatic heterocycles. The van der Waals surface area contributed by atoms with Crippen LogP contribution < -0.4 is 11.5 Å². The second-order valence-corrected chi connectivity index (χ2v) is 8.11. The predicted octanol–water partition coefficient (Wildman–Crippen LogP) is 0.0654. The Balaban J connectivity index is 0. The summed E-state index contributed by atoms with van der Waals surface area (Å²) < 4.78 is 28.2. The number of guanidine groups is 1. The van der Waals surface area contributed by atoms with Crippen molar-refractivity contribution in [1.82, 2.24) is 0 Å². The summed E-state index contributed by atoms with van der Waals surface area (Å²) in [5, 5.41) is 0. The lowest BCUT2D eigenvalue weighted by molar-refractivity contribution is -0.870. The van der Waals surface area contributed by atoms with Crippen molar-refractivity contribution in [3.05, 3.63) is 0 Å². The fourth-order valence-corrected chi connectivity index (χ4v) is 1.59. The first-order chi connectivity index (χ1) is 11.2. The van der Waals surface area contributed by atoms with E-state index in [0.29, 0.717) is 18.5 Å².